The third kappa shape index (κ3) is 10.3. The minimum Gasteiger partial charge on any atom is -0.493 e. The summed E-state index contributed by atoms with van der Waals surface area (Å²) in [6.45, 7) is 1.96. The Morgan fingerprint density at radius 2 is 0.906 bits per heavy atom. The summed E-state index contributed by atoms with van der Waals surface area (Å²) in [6, 6.07) is 22.7. The van der Waals surface area contributed by atoms with Gasteiger partial charge in [-0.05, 0) is 94.2 Å². The normalized spacial score (nSPS) is 11.1. The number of benzene rings is 4. The fraction of sp³-hybridized carbons (Fsp3) is 0.286. The van der Waals surface area contributed by atoms with E-state index in [0.29, 0.717) is 62.1 Å². The molecule has 282 valence electrons. The van der Waals surface area contributed by atoms with Crippen molar-refractivity contribution in [3.8, 4) is 34.5 Å². The number of ether oxygens (including phenoxy) is 6. The van der Waals surface area contributed by atoms with Crippen LogP contribution in [0.1, 0.15) is 45.2 Å². The summed E-state index contributed by atoms with van der Waals surface area (Å²) in [5.41, 5.74) is 5.62. The van der Waals surface area contributed by atoms with E-state index in [0.717, 1.165) is 22.5 Å². The highest BCUT2D eigenvalue weighted by atomic mass is 79.9. The van der Waals surface area contributed by atoms with Crippen molar-refractivity contribution in [3.05, 3.63) is 105 Å². The minimum atomic E-state index is -0.209. The highest BCUT2D eigenvalue weighted by Crippen LogP contribution is 2.42. The molecule has 10 nitrogen and oxygen atoms in total. The molecule has 0 aliphatic carbocycles. The van der Waals surface area contributed by atoms with Crippen LogP contribution in [0, 0.1) is 0 Å². The molecule has 0 amide bonds. The van der Waals surface area contributed by atoms with E-state index in [1.807, 2.05) is 99.5 Å². The molecule has 53 heavy (non-hydrogen) atoms. The Kier molecular flexibility index (Phi) is 15.8. The molecule has 0 N–H and O–H groups in total. The van der Waals surface area contributed by atoms with Crippen LogP contribution in [0.5, 0.6) is 34.5 Å². The topological polar surface area (TPSA) is 96.0 Å². The monoisotopic (exact) mass is 788 g/mol. The maximum Gasteiger partial charge on any atom is 0.204 e. The molecule has 0 saturated heterocycles. The van der Waals surface area contributed by atoms with Crippen LogP contribution >= 0.6 is 15.9 Å². The highest BCUT2D eigenvalue weighted by Gasteiger charge is 2.23. The van der Waals surface area contributed by atoms with E-state index in [1.54, 1.807) is 37.5 Å². The van der Waals surface area contributed by atoms with Gasteiger partial charge in [0, 0.05) is 45.1 Å². The minimum absolute atomic E-state index is 0.0908. The molecule has 4 aromatic rings. The van der Waals surface area contributed by atoms with E-state index >= 15 is 0 Å². The fourth-order valence-electron chi connectivity index (χ4n) is 5.34. The molecule has 0 aliphatic rings. The van der Waals surface area contributed by atoms with Gasteiger partial charge in [0.15, 0.2) is 28.8 Å². The van der Waals surface area contributed by atoms with Crippen LogP contribution in [0.15, 0.2) is 82.9 Å². The van der Waals surface area contributed by atoms with Crippen molar-refractivity contribution in [1.82, 2.24) is 0 Å². The van der Waals surface area contributed by atoms with Crippen LogP contribution in [0.4, 0.5) is 11.4 Å². The smallest absolute Gasteiger partial charge is 0.204 e. The van der Waals surface area contributed by atoms with Crippen molar-refractivity contribution >= 4 is 51.0 Å². The molecule has 0 radical (unpaired) electrons. The van der Waals surface area contributed by atoms with Crippen LogP contribution in [-0.2, 0) is 0 Å². The highest BCUT2D eigenvalue weighted by molar-refractivity contribution is 9.12. The Morgan fingerprint density at radius 1 is 0.528 bits per heavy atom. The second kappa shape index (κ2) is 20.0. The van der Waals surface area contributed by atoms with Gasteiger partial charge in [0.2, 0.25) is 17.3 Å². The molecule has 0 aromatic heterocycles. The van der Waals surface area contributed by atoms with Gasteiger partial charge in [0.1, 0.15) is 0 Å². The fourth-order valence-corrected chi connectivity index (χ4v) is 5.82. The zero-order chi connectivity index (χ0) is 39.2. The van der Waals surface area contributed by atoms with Crippen LogP contribution in [0.2, 0.25) is 0 Å². The second-order valence-corrected chi connectivity index (χ2v) is 12.8. The van der Waals surface area contributed by atoms with Crippen LogP contribution < -0.4 is 38.2 Å². The van der Waals surface area contributed by atoms with E-state index < -0.39 is 0 Å². The van der Waals surface area contributed by atoms with Crippen LogP contribution in [0.3, 0.4) is 0 Å². The molecule has 0 spiro atoms. The molecule has 0 saturated carbocycles. The average molecular weight is 790 g/mol. The first-order chi connectivity index (χ1) is 25.4. The van der Waals surface area contributed by atoms with Crippen molar-refractivity contribution in [1.29, 1.82) is 0 Å². The summed E-state index contributed by atoms with van der Waals surface area (Å²) < 4.78 is 32.5. The summed E-state index contributed by atoms with van der Waals surface area (Å²) in [5.74, 6) is 2.24. The van der Waals surface area contributed by atoms with Gasteiger partial charge in [-0.1, -0.05) is 31.2 Å². The quantitative estimate of drug-likeness (QED) is 0.0859. The zero-order valence-corrected chi connectivity index (χ0v) is 33.9. The summed E-state index contributed by atoms with van der Waals surface area (Å²) in [7, 11) is 17.1. The number of Topliss-reactive ketones (excluding diaryl/α,β-unsaturated/α-hetero) is 2. The Morgan fingerprint density at radius 3 is 1.25 bits per heavy atom. The number of rotatable bonds is 15. The van der Waals surface area contributed by atoms with E-state index in [4.69, 9.17) is 28.4 Å². The van der Waals surface area contributed by atoms with Gasteiger partial charge in [-0.25, -0.2) is 0 Å². The van der Waals surface area contributed by atoms with Crippen molar-refractivity contribution < 1.29 is 38.0 Å². The molecule has 4 rings (SSSR count). The third-order valence-electron chi connectivity index (χ3n) is 8.24. The first-order valence-electron chi connectivity index (χ1n) is 16.7. The Bertz CT molecular complexity index is 1920. The first kappa shape index (κ1) is 42.0. The van der Waals surface area contributed by atoms with Crippen molar-refractivity contribution in [2.45, 2.75) is 13.3 Å². The Hall–Kier alpha value is -5.42. The molecule has 11 heteroatoms. The van der Waals surface area contributed by atoms with E-state index in [9.17, 15) is 9.59 Å². The standard InChI is InChI=1S/C22H27NO4.C20H22BrNO4/c1-7-16(14-15-8-10-17(11-9-15)23(2)3)20(24)18-12-13-19(25-4)22(27-6)21(18)26-5;1-22(2)14-8-6-13(7-9-14)12-16(21)18(23)15-10-11-17(24-3)20(26-5)19(15)25-4/h8-14H,7H2,1-6H3;6-12H,1-5H3. The van der Waals surface area contributed by atoms with E-state index in [2.05, 4.69) is 15.9 Å². The van der Waals surface area contributed by atoms with Crippen LogP contribution in [0.25, 0.3) is 12.2 Å². The van der Waals surface area contributed by atoms with Gasteiger partial charge in [-0.2, -0.15) is 0 Å². The van der Waals surface area contributed by atoms with E-state index in [1.165, 1.54) is 35.5 Å². The van der Waals surface area contributed by atoms with Gasteiger partial charge in [0.25, 0.3) is 0 Å². The molecule has 4 aromatic carbocycles. The lowest BCUT2D eigenvalue weighted by Crippen LogP contribution is -2.08. The number of allylic oxidation sites excluding steroid dienone is 2. The molecule has 0 bridgehead atoms. The number of carbonyl (C=O) groups is 2. The Labute approximate surface area is 321 Å². The lowest BCUT2D eigenvalue weighted by Gasteiger charge is -2.16. The number of ketones is 2. The van der Waals surface area contributed by atoms with Crippen molar-refractivity contribution in [2.24, 2.45) is 0 Å². The number of anilines is 2. The third-order valence-corrected chi connectivity index (χ3v) is 8.83. The average Bonchev–Trinajstić information content (AvgIpc) is 3.18. The SMILES string of the molecule is CCC(=Cc1ccc(N(C)C)cc1)C(=O)c1ccc(OC)c(OC)c1OC.COc1ccc(C(=O)C(Br)=Cc2ccc(N(C)C)cc2)c(OC)c1OC. The maximum absolute atomic E-state index is 13.2. The van der Waals surface area contributed by atoms with Gasteiger partial charge in [0.05, 0.1) is 58.3 Å². The van der Waals surface area contributed by atoms with E-state index in [-0.39, 0.29) is 11.6 Å². The number of hydrogen-bond donors (Lipinski definition) is 0. The number of methoxy groups -OCH3 is 6. The predicted molar refractivity (Wildman–Crippen MR) is 218 cm³/mol. The summed E-state index contributed by atoms with van der Waals surface area (Å²) >= 11 is 3.38. The lowest BCUT2D eigenvalue weighted by molar-refractivity contribution is 0.102. The lowest BCUT2D eigenvalue weighted by atomic mass is 9.97. The first-order valence-corrected chi connectivity index (χ1v) is 17.5. The predicted octanol–water partition coefficient (Wildman–Crippen LogP) is 8.85. The van der Waals surface area contributed by atoms with Gasteiger partial charge in [-0.15, -0.1) is 0 Å². The molecular formula is C42H49BrN2O8. The largest absolute Gasteiger partial charge is 0.493 e. The van der Waals surface area contributed by atoms with Crippen LogP contribution in [-0.4, -0.2) is 82.4 Å². The van der Waals surface area contributed by atoms with Gasteiger partial charge >= 0.3 is 0 Å². The molecular weight excluding hydrogens is 740 g/mol. The molecule has 0 unspecified atom stereocenters. The van der Waals surface area contributed by atoms with Crippen molar-refractivity contribution in [2.75, 3.05) is 80.6 Å². The summed E-state index contributed by atoms with van der Waals surface area (Å²) in [6.07, 6.45) is 4.29. The van der Waals surface area contributed by atoms with Gasteiger partial charge in [-0.3, -0.25) is 9.59 Å². The number of nitrogens with zero attached hydrogens (tertiary/aromatic N) is 2. The zero-order valence-electron chi connectivity index (χ0n) is 32.3. The van der Waals surface area contributed by atoms with Gasteiger partial charge < -0.3 is 38.2 Å². The Balaban J connectivity index is 0.000000286. The molecule has 0 heterocycles. The number of halogens is 1. The second-order valence-electron chi connectivity index (χ2n) is 11.9. The van der Waals surface area contributed by atoms with Crippen molar-refractivity contribution in [3.63, 3.8) is 0 Å². The number of hydrogen-bond acceptors (Lipinski definition) is 10. The molecule has 0 fully saturated rings. The maximum atomic E-state index is 13.2. The summed E-state index contributed by atoms with van der Waals surface area (Å²) in [5, 5.41) is 0. The molecule has 0 atom stereocenters. The molecule has 0 aliphatic heterocycles. The number of carbonyl (C=O) groups excluding carboxylic acids is 2. The summed E-state index contributed by atoms with van der Waals surface area (Å²) in [4.78, 5) is 30.1.